The number of aromatic nitrogens is 2. The molecule has 0 radical (unpaired) electrons. The summed E-state index contributed by atoms with van der Waals surface area (Å²) in [6, 6.07) is 9.54. The quantitative estimate of drug-likeness (QED) is 0.870. The van der Waals surface area contributed by atoms with Crippen LogP contribution in [0.15, 0.2) is 36.7 Å². The highest BCUT2D eigenvalue weighted by Gasteiger charge is 2.25. The maximum absolute atomic E-state index is 13.8. The fourth-order valence-electron chi connectivity index (χ4n) is 2.85. The molecule has 0 aromatic carbocycles. The molecule has 1 atom stereocenters. The molecule has 23 heavy (non-hydrogen) atoms. The largest absolute Gasteiger partial charge is 0.354 e. The Morgan fingerprint density at radius 1 is 1.35 bits per heavy atom. The first-order valence-corrected chi connectivity index (χ1v) is 7.62. The molecule has 0 saturated carbocycles. The van der Waals surface area contributed by atoms with E-state index < -0.39 is 0 Å². The Kier molecular flexibility index (Phi) is 4.49. The number of rotatable bonds is 3. The van der Waals surface area contributed by atoms with Gasteiger partial charge in [0.05, 0.1) is 6.20 Å². The summed E-state index contributed by atoms with van der Waals surface area (Å²) in [5, 5.41) is 8.96. The van der Waals surface area contributed by atoms with E-state index in [1.807, 2.05) is 12.1 Å². The van der Waals surface area contributed by atoms with E-state index in [4.69, 9.17) is 5.26 Å². The van der Waals surface area contributed by atoms with Gasteiger partial charge < -0.3 is 4.90 Å². The first kappa shape index (κ1) is 15.4. The van der Waals surface area contributed by atoms with E-state index in [0.717, 1.165) is 25.5 Å². The Labute approximate surface area is 135 Å². The van der Waals surface area contributed by atoms with Gasteiger partial charge in [-0.1, -0.05) is 6.07 Å². The summed E-state index contributed by atoms with van der Waals surface area (Å²) in [6.45, 7) is 5.13. The van der Waals surface area contributed by atoms with Crippen LogP contribution >= 0.6 is 0 Å². The zero-order valence-electron chi connectivity index (χ0n) is 13.0. The van der Waals surface area contributed by atoms with Crippen LogP contribution in [0, 0.1) is 17.1 Å². The van der Waals surface area contributed by atoms with Gasteiger partial charge in [-0.05, 0) is 25.1 Å². The Balaban J connectivity index is 1.68. The van der Waals surface area contributed by atoms with E-state index in [9.17, 15) is 4.39 Å². The van der Waals surface area contributed by atoms with Crippen LogP contribution in [0.25, 0.3) is 0 Å². The monoisotopic (exact) mass is 311 g/mol. The Morgan fingerprint density at radius 3 is 2.96 bits per heavy atom. The molecule has 1 aliphatic heterocycles. The van der Waals surface area contributed by atoms with Crippen molar-refractivity contribution in [2.75, 3.05) is 24.5 Å². The van der Waals surface area contributed by atoms with Crippen molar-refractivity contribution in [3.63, 3.8) is 0 Å². The third kappa shape index (κ3) is 3.46. The van der Waals surface area contributed by atoms with Crippen molar-refractivity contribution in [2.24, 2.45) is 0 Å². The lowest BCUT2D eigenvalue weighted by atomic mass is 10.1. The van der Waals surface area contributed by atoms with Gasteiger partial charge in [0, 0.05) is 44.0 Å². The predicted octanol–water partition coefficient (Wildman–Crippen LogP) is 2.20. The molecule has 1 aliphatic rings. The molecule has 3 rings (SSSR count). The fraction of sp³-hybridized carbons (Fsp3) is 0.353. The summed E-state index contributed by atoms with van der Waals surface area (Å²) in [6.07, 6.45) is 2.88. The molecule has 0 aliphatic carbocycles. The van der Waals surface area contributed by atoms with Crippen LogP contribution in [0.1, 0.15) is 18.2 Å². The number of nitriles is 1. The average molecular weight is 311 g/mol. The van der Waals surface area contributed by atoms with E-state index in [-0.39, 0.29) is 11.9 Å². The number of hydrogen-bond acceptors (Lipinski definition) is 5. The summed E-state index contributed by atoms with van der Waals surface area (Å²) in [5.74, 6) is 0.566. The number of hydrogen-bond donors (Lipinski definition) is 0. The van der Waals surface area contributed by atoms with Gasteiger partial charge in [0.15, 0.2) is 0 Å². The van der Waals surface area contributed by atoms with Crippen LogP contribution in [-0.2, 0) is 6.54 Å². The minimum atomic E-state index is -0.259. The first-order valence-electron chi connectivity index (χ1n) is 7.62. The molecular formula is C17H18FN5. The van der Waals surface area contributed by atoms with Crippen molar-refractivity contribution in [1.82, 2.24) is 14.9 Å². The molecule has 0 N–H and O–H groups in total. The lowest BCUT2D eigenvalue weighted by molar-refractivity contribution is 0.178. The number of piperazine rings is 1. The molecule has 3 heterocycles. The van der Waals surface area contributed by atoms with Gasteiger partial charge in [-0.15, -0.1) is 0 Å². The highest BCUT2D eigenvalue weighted by Crippen LogP contribution is 2.19. The average Bonchev–Trinajstić information content (AvgIpc) is 2.58. The standard InChI is InChI=1S/C17H18FN5/c1-13-11-23(17-4-2-3-15(9-19)21-17)8-7-22(13)12-14-5-6-20-10-16(14)18/h2-6,10,13H,7-8,11-12H2,1H3. The van der Waals surface area contributed by atoms with Crippen molar-refractivity contribution in [3.8, 4) is 6.07 Å². The number of pyridine rings is 2. The minimum absolute atomic E-state index is 0.259. The summed E-state index contributed by atoms with van der Waals surface area (Å²) in [4.78, 5) is 12.6. The molecule has 1 fully saturated rings. The Hall–Kier alpha value is -2.52. The van der Waals surface area contributed by atoms with Crippen molar-refractivity contribution in [3.05, 3.63) is 53.7 Å². The summed E-state index contributed by atoms with van der Waals surface area (Å²) >= 11 is 0. The maximum Gasteiger partial charge on any atom is 0.145 e. The second-order valence-corrected chi connectivity index (χ2v) is 5.73. The second-order valence-electron chi connectivity index (χ2n) is 5.73. The lowest BCUT2D eigenvalue weighted by Crippen LogP contribution is -2.51. The zero-order chi connectivity index (χ0) is 16.2. The molecule has 2 aromatic rings. The molecule has 118 valence electrons. The van der Waals surface area contributed by atoms with Gasteiger partial charge in [-0.25, -0.2) is 9.37 Å². The van der Waals surface area contributed by atoms with Gasteiger partial charge in [0.25, 0.3) is 0 Å². The number of halogens is 1. The smallest absolute Gasteiger partial charge is 0.145 e. The third-order valence-electron chi connectivity index (χ3n) is 4.17. The highest BCUT2D eigenvalue weighted by molar-refractivity contribution is 5.42. The maximum atomic E-state index is 13.8. The van der Waals surface area contributed by atoms with Gasteiger partial charge in [-0.2, -0.15) is 5.26 Å². The molecular weight excluding hydrogens is 293 g/mol. The van der Waals surface area contributed by atoms with E-state index in [2.05, 4.69) is 32.8 Å². The molecule has 6 heteroatoms. The lowest BCUT2D eigenvalue weighted by Gasteiger charge is -2.40. The van der Waals surface area contributed by atoms with Crippen LogP contribution < -0.4 is 4.90 Å². The minimum Gasteiger partial charge on any atom is -0.354 e. The topological polar surface area (TPSA) is 56.1 Å². The van der Waals surface area contributed by atoms with Crippen LogP contribution in [-0.4, -0.2) is 40.5 Å². The Bertz CT molecular complexity index is 727. The molecule has 0 bridgehead atoms. The van der Waals surface area contributed by atoms with E-state index in [1.165, 1.54) is 6.20 Å². The normalized spacial score (nSPS) is 18.7. The fourth-order valence-corrected chi connectivity index (χ4v) is 2.85. The zero-order valence-corrected chi connectivity index (χ0v) is 13.0. The van der Waals surface area contributed by atoms with Crippen molar-refractivity contribution < 1.29 is 4.39 Å². The first-order chi connectivity index (χ1) is 11.2. The van der Waals surface area contributed by atoms with Gasteiger partial charge in [-0.3, -0.25) is 9.88 Å². The summed E-state index contributed by atoms with van der Waals surface area (Å²) < 4.78 is 13.8. The van der Waals surface area contributed by atoms with Crippen molar-refractivity contribution in [2.45, 2.75) is 19.5 Å². The molecule has 1 unspecified atom stereocenters. The van der Waals surface area contributed by atoms with Gasteiger partial charge in [0.2, 0.25) is 0 Å². The highest BCUT2D eigenvalue weighted by atomic mass is 19.1. The van der Waals surface area contributed by atoms with Crippen LogP contribution in [0.3, 0.4) is 0 Å². The second kappa shape index (κ2) is 6.71. The number of anilines is 1. The van der Waals surface area contributed by atoms with Crippen LogP contribution in [0.2, 0.25) is 0 Å². The molecule has 0 amide bonds. The number of nitrogens with zero attached hydrogens (tertiary/aromatic N) is 5. The van der Waals surface area contributed by atoms with E-state index in [1.54, 1.807) is 18.3 Å². The molecule has 5 nitrogen and oxygen atoms in total. The van der Waals surface area contributed by atoms with E-state index >= 15 is 0 Å². The third-order valence-corrected chi connectivity index (χ3v) is 4.17. The Morgan fingerprint density at radius 2 is 2.22 bits per heavy atom. The SMILES string of the molecule is CC1CN(c2cccc(C#N)n2)CCN1Cc1ccncc1F. The van der Waals surface area contributed by atoms with Gasteiger partial charge >= 0.3 is 0 Å². The van der Waals surface area contributed by atoms with Crippen LogP contribution in [0.5, 0.6) is 0 Å². The van der Waals surface area contributed by atoms with Crippen molar-refractivity contribution in [1.29, 1.82) is 5.26 Å². The molecule has 2 aromatic heterocycles. The summed E-state index contributed by atoms with van der Waals surface area (Å²) in [7, 11) is 0. The van der Waals surface area contributed by atoms with Gasteiger partial charge in [0.1, 0.15) is 23.4 Å². The summed E-state index contributed by atoms with van der Waals surface area (Å²) in [5.41, 5.74) is 1.10. The van der Waals surface area contributed by atoms with Crippen LogP contribution in [0.4, 0.5) is 10.2 Å². The molecule has 0 spiro atoms. The van der Waals surface area contributed by atoms with Crippen molar-refractivity contribution >= 4 is 5.82 Å². The van der Waals surface area contributed by atoms with E-state index in [0.29, 0.717) is 17.8 Å². The predicted molar refractivity (Wildman–Crippen MR) is 85.2 cm³/mol. The molecule has 1 saturated heterocycles.